The maximum Gasteiger partial charge on any atom is 0.161 e. The molecular formula is C19H16N2O. The second kappa shape index (κ2) is 5.50. The smallest absolute Gasteiger partial charge is 0.161 e. The number of benzene rings is 2. The highest BCUT2D eigenvalue weighted by Crippen LogP contribution is 2.24. The number of rotatable bonds is 3. The molecule has 0 aliphatic carbocycles. The number of hydrogen-bond donors (Lipinski definition) is 0. The lowest BCUT2D eigenvalue weighted by Gasteiger charge is -2.06. The van der Waals surface area contributed by atoms with E-state index < -0.39 is 0 Å². The highest BCUT2D eigenvalue weighted by atomic mass is 16.1. The maximum absolute atomic E-state index is 11.9. The van der Waals surface area contributed by atoms with Crippen molar-refractivity contribution in [3.8, 4) is 6.07 Å². The number of Topliss-reactive ketones (excluding diaryl/α,β-unsaturated/α-hetero) is 1. The van der Waals surface area contributed by atoms with Crippen molar-refractivity contribution in [2.45, 2.75) is 20.4 Å². The first-order valence-electron chi connectivity index (χ1n) is 7.18. The molecule has 3 heteroatoms. The van der Waals surface area contributed by atoms with E-state index in [4.69, 9.17) is 5.26 Å². The minimum absolute atomic E-state index is 0.0696. The number of fused-ring (bicyclic) bond motifs is 1. The first-order valence-corrected chi connectivity index (χ1v) is 7.18. The molecule has 0 aliphatic heterocycles. The zero-order valence-electron chi connectivity index (χ0n) is 12.6. The van der Waals surface area contributed by atoms with Crippen LogP contribution < -0.4 is 0 Å². The van der Waals surface area contributed by atoms with E-state index >= 15 is 0 Å². The number of hydrogen-bond acceptors (Lipinski definition) is 2. The van der Waals surface area contributed by atoms with Gasteiger partial charge in [-0.3, -0.25) is 4.79 Å². The van der Waals surface area contributed by atoms with Crippen molar-refractivity contribution in [1.82, 2.24) is 4.57 Å². The minimum Gasteiger partial charge on any atom is -0.342 e. The van der Waals surface area contributed by atoms with E-state index in [1.807, 2.05) is 43.5 Å². The summed E-state index contributed by atoms with van der Waals surface area (Å²) >= 11 is 0. The van der Waals surface area contributed by atoms with Gasteiger partial charge in [0.2, 0.25) is 0 Å². The molecule has 3 aromatic rings. The average Bonchev–Trinajstić information content (AvgIpc) is 2.85. The predicted molar refractivity (Wildman–Crippen MR) is 86.9 cm³/mol. The molecule has 0 atom stereocenters. The number of ketones is 1. The molecule has 2 aromatic carbocycles. The average molecular weight is 288 g/mol. The third kappa shape index (κ3) is 2.51. The Balaban J connectivity index is 2.11. The molecule has 0 radical (unpaired) electrons. The summed E-state index contributed by atoms with van der Waals surface area (Å²) in [7, 11) is 0. The molecule has 0 N–H and O–H groups in total. The third-order valence-corrected chi connectivity index (χ3v) is 3.82. The van der Waals surface area contributed by atoms with Crippen molar-refractivity contribution in [3.63, 3.8) is 0 Å². The van der Waals surface area contributed by atoms with Crippen LogP contribution in [0.5, 0.6) is 0 Å². The summed E-state index contributed by atoms with van der Waals surface area (Å²) in [6, 6.07) is 15.9. The summed E-state index contributed by atoms with van der Waals surface area (Å²) in [5.74, 6) is 0.0696. The van der Waals surface area contributed by atoms with Crippen LogP contribution in [0.3, 0.4) is 0 Å². The fourth-order valence-electron chi connectivity index (χ4n) is 2.76. The van der Waals surface area contributed by atoms with E-state index in [2.05, 4.69) is 16.7 Å². The van der Waals surface area contributed by atoms with Gasteiger partial charge in [0, 0.05) is 29.2 Å². The van der Waals surface area contributed by atoms with Crippen molar-refractivity contribution in [3.05, 3.63) is 70.9 Å². The van der Waals surface area contributed by atoms with Gasteiger partial charge in [0.05, 0.1) is 11.6 Å². The lowest BCUT2D eigenvalue weighted by Crippen LogP contribution is -1.98. The molecule has 0 bridgehead atoms. The Kier molecular flexibility index (Phi) is 3.52. The van der Waals surface area contributed by atoms with Gasteiger partial charge in [-0.25, -0.2) is 0 Å². The SMILES string of the molecule is CC(=O)c1cn(Cc2cccc(C#N)c2)c2ccc(C)cc12. The molecule has 0 aliphatic rings. The van der Waals surface area contributed by atoms with Gasteiger partial charge in [-0.15, -0.1) is 0 Å². The van der Waals surface area contributed by atoms with Gasteiger partial charge in [-0.1, -0.05) is 23.8 Å². The minimum atomic E-state index is 0.0696. The number of nitriles is 1. The summed E-state index contributed by atoms with van der Waals surface area (Å²) < 4.78 is 2.07. The zero-order chi connectivity index (χ0) is 15.7. The van der Waals surface area contributed by atoms with Crippen molar-refractivity contribution in [2.24, 2.45) is 0 Å². The van der Waals surface area contributed by atoms with E-state index in [1.54, 1.807) is 13.0 Å². The molecule has 0 saturated carbocycles. The summed E-state index contributed by atoms with van der Waals surface area (Å²) in [6.45, 7) is 4.26. The van der Waals surface area contributed by atoms with Crippen molar-refractivity contribution >= 4 is 16.7 Å². The normalized spacial score (nSPS) is 10.6. The van der Waals surface area contributed by atoms with Crippen LogP contribution in [-0.2, 0) is 6.54 Å². The largest absolute Gasteiger partial charge is 0.342 e. The Hall–Kier alpha value is -2.86. The Bertz CT molecular complexity index is 913. The van der Waals surface area contributed by atoms with Gasteiger partial charge < -0.3 is 4.57 Å². The van der Waals surface area contributed by atoms with Crippen LogP contribution in [0.4, 0.5) is 0 Å². The van der Waals surface area contributed by atoms with E-state index in [0.717, 1.165) is 27.6 Å². The molecule has 3 rings (SSSR count). The molecule has 22 heavy (non-hydrogen) atoms. The van der Waals surface area contributed by atoms with E-state index in [0.29, 0.717) is 12.1 Å². The molecule has 0 saturated heterocycles. The standard InChI is InChI=1S/C19H16N2O/c1-13-6-7-19-17(8-13)18(14(2)22)12-21(19)11-16-5-3-4-15(9-16)10-20/h3-9,12H,11H2,1-2H3. The van der Waals surface area contributed by atoms with Crippen LogP contribution in [0.15, 0.2) is 48.7 Å². The number of carbonyl (C=O) groups excluding carboxylic acids is 1. The van der Waals surface area contributed by atoms with Crippen LogP contribution in [-0.4, -0.2) is 10.4 Å². The third-order valence-electron chi connectivity index (χ3n) is 3.82. The Morgan fingerprint density at radius 3 is 2.77 bits per heavy atom. The Labute approximate surface area is 129 Å². The van der Waals surface area contributed by atoms with Gasteiger partial charge in [-0.05, 0) is 43.7 Å². The van der Waals surface area contributed by atoms with Gasteiger partial charge in [0.1, 0.15) is 0 Å². The summed E-state index contributed by atoms with van der Waals surface area (Å²) in [5.41, 5.74) is 4.62. The molecule has 108 valence electrons. The molecule has 1 aromatic heterocycles. The highest BCUT2D eigenvalue weighted by molar-refractivity contribution is 6.07. The quantitative estimate of drug-likeness (QED) is 0.682. The fourth-order valence-corrected chi connectivity index (χ4v) is 2.76. The predicted octanol–water partition coefficient (Wildman–Crippen LogP) is 4.07. The molecule has 1 heterocycles. The highest BCUT2D eigenvalue weighted by Gasteiger charge is 2.12. The Morgan fingerprint density at radius 1 is 1.23 bits per heavy atom. The number of aryl methyl sites for hydroxylation is 1. The van der Waals surface area contributed by atoms with Crippen LogP contribution in [0.2, 0.25) is 0 Å². The lowest BCUT2D eigenvalue weighted by molar-refractivity contribution is 0.101. The number of nitrogens with zero attached hydrogens (tertiary/aromatic N) is 2. The van der Waals surface area contributed by atoms with Gasteiger partial charge in [0.15, 0.2) is 5.78 Å². The number of carbonyl (C=O) groups is 1. The zero-order valence-corrected chi connectivity index (χ0v) is 12.6. The summed E-state index contributed by atoms with van der Waals surface area (Å²) in [6.07, 6.45) is 1.91. The lowest BCUT2D eigenvalue weighted by atomic mass is 10.1. The van der Waals surface area contributed by atoms with Gasteiger partial charge in [0.25, 0.3) is 0 Å². The summed E-state index contributed by atoms with van der Waals surface area (Å²) in [4.78, 5) is 11.9. The van der Waals surface area contributed by atoms with E-state index in [-0.39, 0.29) is 5.78 Å². The van der Waals surface area contributed by atoms with Gasteiger partial charge >= 0.3 is 0 Å². The molecule has 3 nitrogen and oxygen atoms in total. The van der Waals surface area contributed by atoms with Crippen molar-refractivity contribution in [2.75, 3.05) is 0 Å². The second-order valence-electron chi connectivity index (χ2n) is 5.56. The van der Waals surface area contributed by atoms with Gasteiger partial charge in [-0.2, -0.15) is 5.26 Å². The monoisotopic (exact) mass is 288 g/mol. The molecule has 0 spiro atoms. The van der Waals surface area contributed by atoms with E-state index in [1.165, 1.54) is 0 Å². The molecule has 0 unspecified atom stereocenters. The molecular weight excluding hydrogens is 272 g/mol. The van der Waals surface area contributed by atoms with Crippen LogP contribution in [0.25, 0.3) is 10.9 Å². The topological polar surface area (TPSA) is 45.8 Å². The molecule has 0 fully saturated rings. The van der Waals surface area contributed by atoms with Crippen LogP contribution in [0, 0.1) is 18.3 Å². The van der Waals surface area contributed by atoms with E-state index in [9.17, 15) is 4.79 Å². The van der Waals surface area contributed by atoms with Crippen LogP contribution in [0.1, 0.15) is 34.0 Å². The molecule has 0 amide bonds. The summed E-state index contributed by atoms with van der Waals surface area (Å²) in [5, 5.41) is 10.00. The maximum atomic E-state index is 11.9. The number of aromatic nitrogens is 1. The first-order chi connectivity index (χ1) is 10.6. The first kappa shape index (κ1) is 14.1. The van der Waals surface area contributed by atoms with Crippen molar-refractivity contribution < 1.29 is 4.79 Å². The second-order valence-corrected chi connectivity index (χ2v) is 5.56. The fraction of sp³-hybridized carbons (Fsp3) is 0.158. The van der Waals surface area contributed by atoms with Crippen LogP contribution >= 0.6 is 0 Å². The Morgan fingerprint density at radius 2 is 2.05 bits per heavy atom. The van der Waals surface area contributed by atoms with Crippen molar-refractivity contribution in [1.29, 1.82) is 5.26 Å².